The summed E-state index contributed by atoms with van der Waals surface area (Å²) in [5.74, 6) is 0.695. The fourth-order valence-corrected chi connectivity index (χ4v) is 2.41. The molecule has 0 bridgehead atoms. The van der Waals surface area contributed by atoms with E-state index in [2.05, 4.69) is 10.3 Å². The third-order valence-corrected chi connectivity index (χ3v) is 4.05. The van der Waals surface area contributed by atoms with Crippen molar-refractivity contribution < 1.29 is 10.2 Å². The lowest BCUT2D eigenvalue weighted by molar-refractivity contribution is 0.103. The highest BCUT2D eigenvalue weighted by Gasteiger charge is 2.27. The lowest BCUT2D eigenvalue weighted by Crippen LogP contribution is -2.48. The molecule has 1 fully saturated rings. The van der Waals surface area contributed by atoms with Crippen LogP contribution in [0.5, 0.6) is 0 Å². The predicted octanol–water partition coefficient (Wildman–Crippen LogP) is 0.853. The topological polar surface area (TPSA) is 65.4 Å². The molecule has 0 aliphatic heterocycles. The van der Waals surface area contributed by atoms with Gasteiger partial charge in [-0.05, 0) is 19.8 Å². The largest absolute Gasteiger partial charge is 0.394 e. The van der Waals surface area contributed by atoms with E-state index in [-0.39, 0.29) is 13.2 Å². The number of aliphatic hydroxyl groups is 2. The maximum Gasteiger partial charge on any atom is 0.0959 e. The molecule has 0 unspecified atom stereocenters. The zero-order valence-electron chi connectivity index (χ0n) is 9.44. The van der Waals surface area contributed by atoms with Crippen LogP contribution >= 0.6 is 11.3 Å². The van der Waals surface area contributed by atoms with Crippen molar-refractivity contribution in [2.45, 2.75) is 37.8 Å². The van der Waals surface area contributed by atoms with Gasteiger partial charge in [-0.15, -0.1) is 11.3 Å². The molecule has 1 aromatic rings. The van der Waals surface area contributed by atoms with Crippen molar-refractivity contribution in [3.8, 4) is 0 Å². The first-order valence-electron chi connectivity index (χ1n) is 5.58. The summed E-state index contributed by atoms with van der Waals surface area (Å²) >= 11 is 1.73. The van der Waals surface area contributed by atoms with Gasteiger partial charge in [0.25, 0.3) is 0 Å². The van der Waals surface area contributed by atoms with E-state index in [0.29, 0.717) is 12.5 Å². The molecular weight excluding hydrogens is 224 g/mol. The van der Waals surface area contributed by atoms with Crippen LogP contribution in [-0.4, -0.2) is 33.9 Å². The van der Waals surface area contributed by atoms with Crippen LogP contribution in [-0.2, 0) is 6.54 Å². The van der Waals surface area contributed by atoms with Gasteiger partial charge in [0.1, 0.15) is 0 Å². The molecule has 2 rings (SSSR count). The average molecular weight is 242 g/mol. The van der Waals surface area contributed by atoms with Crippen molar-refractivity contribution in [1.82, 2.24) is 10.3 Å². The Labute approximate surface area is 99.3 Å². The first-order chi connectivity index (χ1) is 7.67. The fraction of sp³-hybridized carbons (Fsp3) is 0.727. The Morgan fingerprint density at radius 1 is 1.50 bits per heavy atom. The second kappa shape index (κ2) is 4.79. The third kappa shape index (κ3) is 2.79. The van der Waals surface area contributed by atoms with Crippen molar-refractivity contribution in [2.24, 2.45) is 0 Å². The molecule has 0 aromatic carbocycles. The zero-order valence-corrected chi connectivity index (χ0v) is 10.3. The average Bonchev–Trinajstić information content (AvgIpc) is 3.06. The van der Waals surface area contributed by atoms with Gasteiger partial charge in [-0.2, -0.15) is 0 Å². The molecule has 4 nitrogen and oxygen atoms in total. The first-order valence-corrected chi connectivity index (χ1v) is 6.40. The fourth-order valence-electron chi connectivity index (χ4n) is 1.39. The summed E-state index contributed by atoms with van der Waals surface area (Å²) in [7, 11) is 0. The summed E-state index contributed by atoms with van der Waals surface area (Å²) < 4.78 is 0. The van der Waals surface area contributed by atoms with E-state index < -0.39 is 5.54 Å². The maximum absolute atomic E-state index is 9.13. The van der Waals surface area contributed by atoms with Gasteiger partial charge in [0, 0.05) is 23.5 Å². The molecule has 0 amide bonds. The summed E-state index contributed by atoms with van der Waals surface area (Å²) in [5.41, 5.74) is -0.607. The molecule has 1 aliphatic rings. The third-order valence-electron chi connectivity index (χ3n) is 2.89. The van der Waals surface area contributed by atoms with Crippen molar-refractivity contribution in [2.75, 3.05) is 13.2 Å². The van der Waals surface area contributed by atoms with E-state index in [4.69, 9.17) is 10.2 Å². The Morgan fingerprint density at radius 2 is 2.19 bits per heavy atom. The molecule has 0 spiro atoms. The number of nitrogens with one attached hydrogen (secondary N) is 1. The standard InChI is InChI=1S/C11H18N2O2S/c1-11(6-14,7-15)13-5-9-4-12-10(16-9)8-2-3-8/h4,8,13-15H,2-3,5-7H2,1H3. The molecule has 0 atom stereocenters. The Hall–Kier alpha value is -0.490. The number of hydrogen-bond acceptors (Lipinski definition) is 5. The lowest BCUT2D eigenvalue weighted by Gasteiger charge is -2.25. The first kappa shape index (κ1) is 12.0. The highest BCUT2D eigenvalue weighted by Crippen LogP contribution is 2.41. The lowest BCUT2D eigenvalue weighted by atomic mass is 10.1. The Kier molecular flexibility index (Phi) is 3.59. The second-order valence-corrected chi connectivity index (χ2v) is 5.82. The predicted molar refractivity (Wildman–Crippen MR) is 63.5 cm³/mol. The van der Waals surface area contributed by atoms with Crippen molar-refractivity contribution in [3.05, 3.63) is 16.1 Å². The monoisotopic (exact) mass is 242 g/mol. The molecule has 1 aliphatic carbocycles. The van der Waals surface area contributed by atoms with Crippen molar-refractivity contribution in [3.63, 3.8) is 0 Å². The van der Waals surface area contributed by atoms with Crippen molar-refractivity contribution >= 4 is 11.3 Å². The van der Waals surface area contributed by atoms with Crippen LogP contribution in [0.2, 0.25) is 0 Å². The van der Waals surface area contributed by atoms with Crippen LogP contribution in [0.15, 0.2) is 6.20 Å². The number of aliphatic hydroxyl groups excluding tert-OH is 2. The normalized spacial score (nSPS) is 16.7. The summed E-state index contributed by atoms with van der Waals surface area (Å²) in [4.78, 5) is 5.55. The quantitative estimate of drug-likeness (QED) is 0.692. The van der Waals surface area contributed by atoms with Gasteiger partial charge in [-0.3, -0.25) is 0 Å². The molecular formula is C11H18N2O2S. The zero-order chi connectivity index (χ0) is 11.6. The molecule has 1 aromatic heterocycles. The summed E-state index contributed by atoms with van der Waals surface area (Å²) in [6, 6.07) is 0. The van der Waals surface area contributed by atoms with E-state index >= 15 is 0 Å². The number of aromatic nitrogens is 1. The Balaban J connectivity index is 1.88. The second-order valence-electron chi connectivity index (χ2n) is 4.67. The highest BCUT2D eigenvalue weighted by molar-refractivity contribution is 7.11. The molecule has 90 valence electrons. The van der Waals surface area contributed by atoms with Gasteiger partial charge in [0.05, 0.1) is 23.8 Å². The summed E-state index contributed by atoms with van der Waals surface area (Å²) in [6.45, 7) is 2.31. The SMILES string of the molecule is CC(CO)(CO)NCc1cnc(C2CC2)s1. The van der Waals surface area contributed by atoms with E-state index in [1.807, 2.05) is 6.20 Å². The molecule has 0 saturated heterocycles. The van der Waals surface area contributed by atoms with E-state index in [1.54, 1.807) is 18.3 Å². The van der Waals surface area contributed by atoms with Crippen molar-refractivity contribution in [1.29, 1.82) is 0 Å². The van der Waals surface area contributed by atoms with Crippen LogP contribution in [0.1, 0.15) is 35.6 Å². The van der Waals surface area contributed by atoms with Crippen LogP contribution in [0.3, 0.4) is 0 Å². The summed E-state index contributed by atoms with van der Waals surface area (Å²) in [6.07, 6.45) is 4.43. The minimum atomic E-state index is -0.607. The van der Waals surface area contributed by atoms with Gasteiger partial charge < -0.3 is 15.5 Å². The van der Waals surface area contributed by atoms with Crippen LogP contribution in [0.4, 0.5) is 0 Å². The summed E-state index contributed by atoms with van der Waals surface area (Å²) in [5, 5.41) is 22.6. The van der Waals surface area contributed by atoms with E-state index in [9.17, 15) is 0 Å². The van der Waals surface area contributed by atoms with Crippen LogP contribution in [0.25, 0.3) is 0 Å². The highest BCUT2D eigenvalue weighted by atomic mass is 32.1. The van der Waals surface area contributed by atoms with Gasteiger partial charge in [0.15, 0.2) is 0 Å². The molecule has 16 heavy (non-hydrogen) atoms. The minimum Gasteiger partial charge on any atom is -0.394 e. The molecule has 1 heterocycles. The molecule has 1 saturated carbocycles. The maximum atomic E-state index is 9.13. The number of thiazole rings is 1. The Bertz CT molecular complexity index is 346. The number of hydrogen-bond donors (Lipinski definition) is 3. The van der Waals surface area contributed by atoms with Gasteiger partial charge in [-0.1, -0.05) is 0 Å². The van der Waals surface area contributed by atoms with E-state index in [0.717, 1.165) is 4.88 Å². The molecule has 3 N–H and O–H groups in total. The molecule has 0 radical (unpaired) electrons. The minimum absolute atomic E-state index is 0.0716. The van der Waals surface area contributed by atoms with E-state index in [1.165, 1.54) is 17.8 Å². The number of nitrogens with zero attached hydrogens (tertiary/aromatic N) is 1. The van der Waals surface area contributed by atoms with Gasteiger partial charge in [0.2, 0.25) is 0 Å². The number of rotatable bonds is 6. The molecule has 5 heteroatoms. The van der Waals surface area contributed by atoms with Crippen LogP contribution < -0.4 is 5.32 Å². The Morgan fingerprint density at radius 3 is 2.75 bits per heavy atom. The van der Waals surface area contributed by atoms with Gasteiger partial charge >= 0.3 is 0 Å². The smallest absolute Gasteiger partial charge is 0.0959 e. The van der Waals surface area contributed by atoms with Crippen LogP contribution in [0, 0.1) is 0 Å². The van der Waals surface area contributed by atoms with Gasteiger partial charge in [-0.25, -0.2) is 4.98 Å².